The number of ether oxygens (including phenoxy) is 1. The number of aryl methyl sites for hydroxylation is 1. The third-order valence-electron chi connectivity index (χ3n) is 5.98. The Hall–Kier alpha value is -1.67. The van der Waals surface area contributed by atoms with E-state index < -0.39 is 0 Å². The van der Waals surface area contributed by atoms with Gasteiger partial charge in [-0.05, 0) is 86.3 Å². The van der Waals surface area contributed by atoms with E-state index in [1.165, 1.54) is 74.5 Å². The maximum atomic E-state index is 6.53. The molecule has 3 heteroatoms. The van der Waals surface area contributed by atoms with Gasteiger partial charge in [0.05, 0.1) is 16.8 Å². The van der Waals surface area contributed by atoms with Crippen molar-refractivity contribution in [3.63, 3.8) is 0 Å². The lowest BCUT2D eigenvalue weighted by molar-refractivity contribution is 0.155. The summed E-state index contributed by atoms with van der Waals surface area (Å²) in [6.07, 6.45) is 12.9. The van der Waals surface area contributed by atoms with E-state index in [-0.39, 0.29) is 0 Å². The van der Waals surface area contributed by atoms with Crippen molar-refractivity contribution in [2.45, 2.75) is 76.9 Å². The Balaban J connectivity index is 1.40. The maximum absolute atomic E-state index is 6.53. The molecule has 2 aromatic carbocycles. The van der Waals surface area contributed by atoms with E-state index in [1.54, 1.807) is 0 Å². The minimum atomic E-state index is 0.404. The molecule has 0 atom stereocenters. The fourth-order valence-electron chi connectivity index (χ4n) is 4.42. The Labute approximate surface area is 168 Å². The fourth-order valence-corrected chi connectivity index (χ4v) is 4.66. The van der Waals surface area contributed by atoms with Gasteiger partial charge in [-0.1, -0.05) is 42.6 Å². The van der Waals surface area contributed by atoms with Crippen LogP contribution in [0.4, 0.5) is 5.69 Å². The molecule has 0 bridgehead atoms. The van der Waals surface area contributed by atoms with Gasteiger partial charge < -0.3 is 10.1 Å². The van der Waals surface area contributed by atoms with Crippen molar-refractivity contribution in [3.8, 4) is 5.75 Å². The third-order valence-corrected chi connectivity index (χ3v) is 6.29. The molecule has 2 aromatic rings. The fraction of sp³-hybridized carbons (Fsp3) is 0.500. The number of fused-ring (bicyclic) bond motifs is 1. The molecular weight excluding hydrogens is 354 g/mol. The van der Waals surface area contributed by atoms with Crippen LogP contribution < -0.4 is 10.1 Å². The van der Waals surface area contributed by atoms with Crippen LogP contribution in [-0.4, -0.2) is 6.10 Å². The van der Waals surface area contributed by atoms with Crippen molar-refractivity contribution in [3.05, 3.63) is 58.1 Å². The summed E-state index contributed by atoms with van der Waals surface area (Å²) in [7, 11) is 0. The lowest BCUT2D eigenvalue weighted by Gasteiger charge is -2.23. The largest absolute Gasteiger partial charge is 0.490 e. The number of benzene rings is 2. The average Bonchev–Trinajstić information content (AvgIpc) is 2.95. The van der Waals surface area contributed by atoms with E-state index in [0.717, 1.165) is 29.4 Å². The van der Waals surface area contributed by atoms with Gasteiger partial charge in [0.25, 0.3) is 0 Å². The standard InChI is InChI=1S/C24H30ClNO/c25-23-16-13-19-7-3-1-6-10-22(19)24(23)26-17-18-11-14-21(15-12-18)27-20-8-4-2-5-9-20/h11-16,20,26H,1-10,17H2. The summed E-state index contributed by atoms with van der Waals surface area (Å²) >= 11 is 6.53. The monoisotopic (exact) mass is 383 g/mol. The minimum Gasteiger partial charge on any atom is -0.490 e. The summed E-state index contributed by atoms with van der Waals surface area (Å²) < 4.78 is 6.14. The summed E-state index contributed by atoms with van der Waals surface area (Å²) in [5.41, 5.74) is 5.29. The molecule has 4 rings (SSSR count). The van der Waals surface area contributed by atoms with Crippen LogP contribution in [0.3, 0.4) is 0 Å². The van der Waals surface area contributed by atoms with Crippen molar-refractivity contribution in [1.82, 2.24) is 0 Å². The van der Waals surface area contributed by atoms with Crippen molar-refractivity contribution in [2.75, 3.05) is 5.32 Å². The lowest BCUT2D eigenvalue weighted by Crippen LogP contribution is -2.19. The van der Waals surface area contributed by atoms with Gasteiger partial charge in [0.1, 0.15) is 5.75 Å². The molecule has 0 saturated heterocycles. The summed E-state index contributed by atoms with van der Waals surface area (Å²) in [4.78, 5) is 0. The van der Waals surface area contributed by atoms with Crippen molar-refractivity contribution < 1.29 is 4.74 Å². The van der Waals surface area contributed by atoms with Gasteiger partial charge in [0.2, 0.25) is 0 Å². The van der Waals surface area contributed by atoms with E-state index in [1.807, 2.05) is 0 Å². The number of nitrogens with one attached hydrogen (secondary N) is 1. The molecule has 27 heavy (non-hydrogen) atoms. The molecule has 2 nitrogen and oxygen atoms in total. The average molecular weight is 384 g/mol. The van der Waals surface area contributed by atoms with Crippen LogP contribution in [0.15, 0.2) is 36.4 Å². The Morgan fingerprint density at radius 3 is 2.41 bits per heavy atom. The molecule has 0 heterocycles. The number of hydrogen-bond donors (Lipinski definition) is 1. The van der Waals surface area contributed by atoms with Crippen LogP contribution in [0.5, 0.6) is 5.75 Å². The van der Waals surface area contributed by atoms with Gasteiger partial charge in [-0.2, -0.15) is 0 Å². The second-order valence-corrected chi connectivity index (χ2v) is 8.40. The molecule has 1 N–H and O–H groups in total. The van der Waals surface area contributed by atoms with E-state index in [2.05, 4.69) is 41.7 Å². The van der Waals surface area contributed by atoms with Crippen molar-refractivity contribution >= 4 is 17.3 Å². The number of rotatable bonds is 5. The molecule has 1 fully saturated rings. The predicted molar refractivity (Wildman–Crippen MR) is 114 cm³/mol. The number of halogens is 1. The highest BCUT2D eigenvalue weighted by atomic mass is 35.5. The molecule has 1 saturated carbocycles. The van der Waals surface area contributed by atoms with Gasteiger partial charge >= 0.3 is 0 Å². The molecule has 2 aliphatic carbocycles. The summed E-state index contributed by atoms with van der Waals surface area (Å²) in [6.45, 7) is 0.792. The van der Waals surface area contributed by atoms with Crippen LogP contribution in [0.1, 0.15) is 68.1 Å². The second kappa shape index (κ2) is 9.01. The van der Waals surface area contributed by atoms with E-state index in [4.69, 9.17) is 16.3 Å². The third kappa shape index (κ3) is 4.79. The zero-order valence-corrected chi connectivity index (χ0v) is 16.9. The Kier molecular flexibility index (Phi) is 6.24. The summed E-state index contributed by atoms with van der Waals surface area (Å²) in [5.74, 6) is 0.997. The molecular formula is C24H30ClNO. The van der Waals surface area contributed by atoms with Gasteiger partial charge in [-0.3, -0.25) is 0 Å². The molecule has 0 aromatic heterocycles. The molecule has 0 radical (unpaired) electrons. The van der Waals surface area contributed by atoms with Crippen molar-refractivity contribution in [2.24, 2.45) is 0 Å². The topological polar surface area (TPSA) is 21.3 Å². The SMILES string of the molecule is Clc1ccc2c(c1NCc1ccc(OC3CCCCC3)cc1)CCCCC2. The highest BCUT2D eigenvalue weighted by molar-refractivity contribution is 6.33. The van der Waals surface area contributed by atoms with Gasteiger partial charge in [-0.15, -0.1) is 0 Å². The zero-order chi connectivity index (χ0) is 18.5. The molecule has 0 aliphatic heterocycles. The lowest BCUT2D eigenvalue weighted by atomic mass is 9.98. The second-order valence-electron chi connectivity index (χ2n) is 8.00. The smallest absolute Gasteiger partial charge is 0.119 e. The first-order chi connectivity index (χ1) is 13.3. The molecule has 2 aliphatic rings. The first kappa shape index (κ1) is 18.7. The quantitative estimate of drug-likeness (QED) is 0.565. The first-order valence-corrected chi connectivity index (χ1v) is 11.0. The molecule has 0 spiro atoms. The molecule has 144 valence electrons. The number of anilines is 1. The highest BCUT2D eigenvalue weighted by Gasteiger charge is 2.16. The van der Waals surface area contributed by atoms with Crippen LogP contribution in [-0.2, 0) is 19.4 Å². The van der Waals surface area contributed by atoms with Gasteiger partial charge in [-0.25, -0.2) is 0 Å². The van der Waals surface area contributed by atoms with Crippen LogP contribution in [0, 0.1) is 0 Å². The minimum absolute atomic E-state index is 0.404. The van der Waals surface area contributed by atoms with Crippen LogP contribution in [0.2, 0.25) is 5.02 Å². The van der Waals surface area contributed by atoms with Crippen LogP contribution >= 0.6 is 11.6 Å². The Morgan fingerprint density at radius 1 is 0.852 bits per heavy atom. The van der Waals surface area contributed by atoms with E-state index >= 15 is 0 Å². The van der Waals surface area contributed by atoms with Crippen LogP contribution in [0.25, 0.3) is 0 Å². The first-order valence-electron chi connectivity index (χ1n) is 10.6. The maximum Gasteiger partial charge on any atom is 0.119 e. The van der Waals surface area contributed by atoms with Crippen molar-refractivity contribution in [1.29, 1.82) is 0 Å². The predicted octanol–water partition coefficient (Wildman–Crippen LogP) is 6.93. The summed E-state index contributed by atoms with van der Waals surface area (Å²) in [5, 5.41) is 4.45. The Morgan fingerprint density at radius 2 is 1.59 bits per heavy atom. The Bertz CT molecular complexity index is 750. The summed E-state index contributed by atoms with van der Waals surface area (Å²) in [6, 6.07) is 12.8. The number of hydrogen-bond acceptors (Lipinski definition) is 2. The normalized spacial score (nSPS) is 17.8. The van der Waals surface area contributed by atoms with Gasteiger partial charge in [0.15, 0.2) is 0 Å². The molecule has 0 amide bonds. The molecule has 0 unspecified atom stereocenters. The van der Waals surface area contributed by atoms with Gasteiger partial charge in [0, 0.05) is 6.54 Å². The van der Waals surface area contributed by atoms with E-state index in [0.29, 0.717) is 6.10 Å². The zero-order valence-electron chi connectivity index (χ0n) is 16.1. The highest BCUT2D eigenvalue weighted by Crippen LogP contribution is 2.33. The van der Waals surface area contributed by atoms with E-state index in [9.17, 15) is 0 Å².